The highest BCUT2D eigenvalue weighted by atomic mass is 79.9. The van der Waals surface area contributed by atoms with E-state index in [9.17, 15) is 4.79 Å². The molecule has 0 spiro atoms. The molecule has 1 saturated carbocycles. The standard InChI is InChI=1S/C14H12BrNO/c15-12-6-4-11(5-7-12)14(8-9-14)16-10-2-1-3-13(16)17/h1-7,10H,8-9H2. The summed E-state index contributed by atoms with van der Waals surface area (Å²) in [6, 6.07) is 13.6. The van der Waals surface area contributed by atoms with E-state index in [1.165, 1.54) is 5.56 Å². The Labute approximate surface area is 108 Å². The molecular formula is C14H12BrNO. The third-order valence-electron chi connectivity index (χ3n) is 3.39. The molecule has 0 saturated heterocycles. The predicted molar refractivity (Wildman–Crippen MR) is 71.2 cm³/mol. The molecule has 1 aromatic heterocycles. The molecule has 2 nitrogen and oxygen atoms in total. The molecule has 1 aliphatic rings. The number of aromatic nitrogens is 1. The van der Waals surface area contributed by atoms with Crippen molar-refractivity contribution in [1.82, 2.24) is 4.57 Å². The van der Waals surface area contributed by atoms with Gasteiger partial charge in [0, 0.05) is 16.7 Å². The second kappa shape index (κ2) is 3.84. The molecule has 1 aromatic carbocycles. The van der Waals surface area contributed by atoms with Crippen molar-refractivity contribution in [2.45, 2.75) is 18.4 Å². The van der Waals surface area contributed by atoms with Gasteiger partial charge >= 0.3 is 0 Å². The van der Waals surface area contributed by atoms with Gasteiger partial charge in [0.2, 0.25) is 0 Å². The van der Waals surface area contributed by atoms with Gasteiger partial charge in [-0.2, -0.15) is 0 Å². The van der Waals surface area contributed by atoms with Crippen LogP contribution in [0.4, 0.5) is 0 Å². The molecule has 0 radical (unpaired) electrons. The van der Waals surface area contributed by atoms with Crippen molar-refractivity contribution >= 4 is 15.9 Å². The van der Waals surface area contributed by atoms with Gasteiger partial charge in [-0.05, 0) is 36.6 Å². The van der Waals surface area contributed by atoms with Crippen molar-refractivity contribution in [2.24, 2.45) is 0 Å². The van der Waals surface area contributed by atoms with Crippen LogP contribution < -0.4 is 5.56 Å². The van der Waals surface area contributed by atoms with Gasteiger partial charge in [-0.15, -0.1) is 0 Å². The Bertz CT molecular complexity index is 596. The molecule has 0 bridgehead atoms. The summed E-state index contributed by atoms with van der Waals surface area (Å²) in [6.45, 7) is 0. The van der Waals surface area contributed by atoms with E-state index >= 15 is 0 Å². The first-order valence-electron chi connectivity index (χ1n) is 5.67. The highest BCUT2D eigenvalue weighted by Crippen LogP contribution is 2.48. The number of hydrogen-bond acceptors (Lipinski definition) is 1. The third-order valence-corrected chi connectivity index (χ3v) is 3.92. The molecule has 3 heteroatoms. The molecule has 1 aliphatic carbocycles. The first kappa shape index (κ1) is 10.8. The van der Waals surface area contributed by atoms with E-state index in [1.54, 1.807) is 12.1 Å². The molecule has 1 fully saturated rings. The van der Waals surface area contributed by atoms with Crippen LogP contribution in [0.15, 0.2) is 57.9 Å². The van der Waals surface area contributed by atoms with Gasteiger partial charge in [0.15, 0.2) is 0 Å². The summed E-state index contributed by atoms with van der Waals surface area (Å²) < 4.78 is 2.92. The predicted octanol–water partition coefficient (Wildman–Crippen LogP) is 3.15. The topological polar surface area (TPSA) is 22.0 Å². The zero-order valence-corrected chi connectivity index (χ0v) is 10.9. The highest BCUT2D eigenvalue weighted by molar-refractivity contribution is 9.10. The Balaban J connectivity index is 2.11. The molecule has 1 heterocycles. The van der Waals surface area contributed by atoms with E-state index in [2.05, 4.69) is 28.1 Å². The molecule has 0 unspecified atom stereocenters. The highest BCUT2D eigenvalue weighted by Gasteiger charge is 2.46. The Hall–Kier alpha value is -1.35. The summed E-state index contributed by atoms with van der Waals surface area (Å²) in [5.41, 5.74) is 1.20. The summed E-state index contributed by atoms with van der Waals surface area (Å²) in [5.74, 6) is 0. The van der Waals surface area contributed by atoms with E-state index in [0.717, 1.165) is 17.3 Å². The van der Waals surface area contributed by atoms with Crippen molar-refractivity contribution < 1.29 is 0 Å². The fraction of sp³-hybridized carbons (Fsp3) is 0.214. The van der Waals surface area contributed by atoms with Crippen LogP contribution in [-0.4, -0.2) is 4.57 Å². The van der Waals surface area contributed by atoms with Gasteiger partial charge in [0.05, 0.1) is 5.54 Å². The normalized spacial score (nSPS) is 16.8. The van der Waals surface area contributed by atoms with Crippen LogP contribution >= 0.6 is 15.9 Å². The smallest absolute Gasteiger partial charge is 0.251 e. The van der Waals surface area contributed by atoms with E-state index in [1.807, 2.05) is 29.0 Å². The van der Waals surface area contributed by atoms with Gasteiger partial charge in [-0.25, -0.2) is 0 Å². The van der Waals surface area contributed by atoms with Gasteiger partial charge < -0.3 is 4.57 Å². The van der Waals surface area contributed by atoms with Crippen LogP contribution in [0.25, 0.3) is 0 Å². The maximum absolute atomic E-state index is 11.9. The van der Waals surface area contributed by atoms with Gasteiger partial charge in [-0.1, -0.05) is 34.1 Å². The van der Waals surface area contributed by atoms with Gasteiger partial charge in [-0.3, -0.25) is 4.79 Å². The second-order valence-electron chi connectivity index (χ2n) is 4.45. The van der Waals surface area contributed by atoms with Crippen LogP contribution in [0.1, 0.15) is 18.4 Å². The number of hydrogen-bond donors (Lipinski definition) is 0. The van der Waals surface area contributed by atoms with Crippen LogP contribution in [0, 0.1) is 0 Å². The van der Waals surface area contributed by atoms with Gasteiger partial charge in [0.1, 0.15) is 0 Å². The minimum Gasteiger partial charge on any atom is -0.305 e. The number of rotatable bonds is 2. The summed E-state index contributed by atoms with van der Waals surface area (Å²) in [7, 11) is 0. The summed E-state index contributed by atoms with van der Waals surface area (Å²) in [6.07, 6.45) is 3.97. The Kier molecular flexibility index (Phi) is 2.44. The van der Waals surface area contributed by atoms with Crippen LogP contribution in [0.3, 0.4) is 0 Å². The maximum atomic E-state index is 11.9. The summed E-state index contributed by atoms with van der Waals surface area (Å²) in [5, 5.41) is 0. The monoisotopic (exact) mass is 289 g/mol. The van der Waals surface area contributed by atoms with Crippen molar-refractivity contribution in [3.05, 3.63) is 69.1 Å². The average molecular weight is 290 g/mol. The van der Waals surface area contributed by atoms with Crippen molar-refractivity contribution in [2.75, 3.05) is 0 Å². The first-order valence-corrected chi connectivity index (χ1v) is 6.46. The third kappa shape index (κ3) is 1.75. The van der Waals surface area contributed by atoms with E-state index in [4.69, 9.17) is 0 Å². The second-order valence-corrected chi connectivity index (χ2v) is 5.36. The molecule has 0 atom stereocenters. The largest absolute Gasteiger partial charge is 0.305 e. The van der Waals surface area contributed by atoms with Crippen molar-refractivity contribution in [3.63, 3.8) is 0 Å². The van der Waals surface area contributed by atoms with E-state index < -0.39 is 0 Å². The van der Waals surface area contributed by atoms with Crippen LogP contribution in [0.2, 0.25) is 0 Å². The lowest BCUT2D eigenvalue weighted by atomic mass is 10.0. The number of benzene rings is 1. The quantitative estimate of drug-likeness (QED) is 0.832. The SMILES string of the molecule is O=c1ccccn1C1(c2ccc(Br)cc2)CC1. The molecule has 0 amide bonds. The number of pyridine rings is 1. The Morgan fingerprint density at radius 3 is 2.35 bits per heavy atom. The first-order chi connectivity index (χ1) is 8.22. The summed E-state index contributed by atoms with van der Waals surface area (Å²) in [4.78, 5) is 11.9. The molecule has 3 rings (SSSR count). The lowest BCUT2D eigenvalue weighted by Gasteiger charge is -2.19. The Morgan fingerprint density at radius 2 is 1.76 bits per heavy atom. The molecule has 2 aromatic rings. The average Bonchev–Trinajstić information content (AvgIpc) is 3.12. The van der Waals surface area contributed by atoms with Crippen LogP contribution in [-0.2, 0) is 5.54 Å². The zero-order chi connectivity index (χ0) is 11.9. The zero-order valence-electron chi connectivity index (χ0n) is 9.27. The number of nitrogens with zero attached hydrogens (tertiary/aromatic N) is 1. The van der Waals surface area contributed by atoms with Crippen LogP contribution in [0.5, 0.6) is 0 Å². The van der Waals surface area contributed by atoms with E-state index in [-0.39, 0.29) is 11.1 Å². The molecule has 0 aliphatic heterocycles. The Morgan fingerprint density at radius 1 is 1.06 bits per heavy atom. The minimum absolute atomic E-state index is 0.0768. The molecule has 0 N–H and O–H groups in total. The van der Waals surface area contributed by atoms with Crippen molar-refractivity contribution in [3.8, 4) is 0 Å². The fourth-order valence-corrected chi connectivity index (χ4v) is 2.59. The number of halogens is 1. The van der Waals surface area contributed by atoms with E-state index in [0.29, 0.717) is 0 Å². The summed E-state index contributed by atoms with van der Waals surface area (Å²) >= 11 is 3.43. The lowest BCUT2D eigenvalue weighted by Crippen LogP contribution is -2.29. The molecular weight excluding hydrogens is 278 g/mol. The maximum Gasteiger partial charge on any atom is 0.251 e. The lowest BCUT2D eigenvalue weighted by molar-refractivity contribution is 0.552. The minimum atomic E-state index is -0.0982. The van der Waals surface area contributed by atoms with Gasteiger partial charge in [0.25, 0.3) is 5.56 Å². The van der Waals surface area contributed by atoms with Crippen molar-refractivity contribution in [1.29, 1.82) is 0 Å². The molecule has 86 valence electrons. The fourth-order valence-electron chi connectivity index (χ4n) is 2.33. The molecule has 17 heavy (non-hydrogen) atoms.